The van der Waals surface area contributed by atoms with Crippen LogP contribution in [-0.4, -0.2) is 85.5 Å². The number of carbonyl (C=O) groups is 2. The van der Waals surface area contributed by atoms with Gasteiger partial charge in [0.2, 0.25) is 0 Å². The van der Waals surface area contributed by atoms with Gasteiger partial charge in [-0.05, 0) is 91.3 Å². The van der Waals surface area contributed by atoms with E-state index in [2.05, 4.69) is 9.80 Å². The third kappa shape index (κ3) is 8.92. The molecule has 3 aromatic rings. The lowest BCUT2D eigenvalue weighted by molar-refractivity contribution is -0.384. The molecule has 45 heavy (non-hydrogen) atoms. The molecule has 5 rings (SSSR count). The summed E-state index contributed by atoms with van der Waals surface area (Å²) in [5.74, 6) is 1.31. The van der Waals surface area contributed by atoms with Gasteiger partial charge in [-0.2, -0.15) is 0 Å². The smallest absolute Gasteiger partial charge is 0.298 e. The summed E-state index contributed by atoms with van der Waals surface area (Å²) in [4.78, 5) is 42.7. The fourth-order valence-corrected chi connectivity index (χ4v) is 5.86. The Morgan fingerprint density at radius 3 is 2.02 bits per heavy atom. The summed E-state index contributed by atoms with van der Waals surface area (Å²) in [5, 5.41) is 10.5. The van der Waals surface area contributed by atoms with Crippen molar-refractivity contribution in [3.05, 3.63) is 93.4 Å². The Morgan fingerprint density at radius 1 is 0.800 bits per heavy atom. The number of hydrogen-bond acceptors (Lipinski definition) is 10. The van der Waals surface area contributed by atoms with Crippen molar-refractivity contribution in [1.82, 2.24) is 9.80 Å². The molecule has 0 atom stereocenters. The minimum atomic E-state index is -0.470. The van der Waals surface area contributed by atoms with Gasteiger partial charge in [0.25, 0.3) is 16.8 Å². The molecule has 3 aromatic carbocycles. The van der Waals surface area contributed by atoms with E-state index < -0.39 is 4.92 Å². The largest absolute Gasteiger partial charge is 0.494 e. The van der Waals surface area contributed by atoms with Gasteiger partial charge >= 0.3 is 0 Å². The molecule has 0 unspecified atom stereocenters. The molecule has 2 aliphatic heterocycles. The number of unbranched alkanes of at least 4 members (excludes halogenated alkanes) is 1. The Balaban J connectivity index is 1.07. The normalized spacial score (nSPS) is 16.8. The Bertz CT molecular complexity index is 1490. The average Bonchev–Trinajstić information content (AvgIpc) is 3.33. The molecule has 0 saturated carbocycles. The molecule has 236 valence electrons. The first kappa shape index (κ1) is 32.2. The number of nitro benzene ring substituents is 1. The second-order valence-electron chi connectivity index (χ2n) is 10.7. The fraction of sp³-hybridized carbons (Fsp3) is 0.333. The lowest BCUT2D eigenvalue weighted by Crippen LogP contribution is -2.47. The maximum absolute atomic E-state index is 13.1. The molecule has 0 aromatic heterocycles. The van der Waals surface area contributed by atoms with E-state index in [1.165, 1.54) is 29.2 Å². The predicted octanol–water partition coefficient (Wildman–Crippen LogP) is 6.05. The summed E-state index contributed by atoms with van der Waals surface area (Å²) in [5.41, 5.74) is 1.20. The van der Waals surface area contributed by atoms with Crippen LogP contribution in [-0.2, 0) is 9.53 Å². The van der Waals surface area contributed by atoms with E-state index in [1.807, 2.05) is 0 Å². The van der Waals surface area contributed by atoms with E-state index in [1.54, 1.807) is 61.7 Å². The van der Waals surface area contributed by atoms with Crippen LogP contribution in [0.2, 0.25) is 0 Å². The Hall–Kier alpha value is -4.23. The number of carbonyl (C=O) groups excluding carboxylic acids is 2. The summed E-state index contributed by atoms with van der Waals surface area (Å²) in [6.45, 7) is 7.78. The summed E-state index contributed by atoms with van der Waals surface area (Å²) in [7, 11) is 1.74. The molecule has 0 radical (unpaired) electrons. The molecule has 0 N–H and O–H groups in total. The molecular weight excluding hydrogens is 596 g/mol. The number of imide groups is 1. The van der Waals surface area contributed by atoms with Crippen molar-refractivity contribution in [2.45, 2.75) is 12.8 Å². The van der Waals surface area contributed by atoms with Gasteiger partial charge in [0.15, 0.2) is 0 Å². The fourth-order valence-electron chi connectivity index (χ4n) is 5.02. The quantitative estimate of drug-likeness (QED) is 0.0900. The average molecular weight is 633 g/mol. The van der Waals surface area contributed by atoms with Crippen LogP contribution in [0.25, 0.3) is 6.08 Å². The molecule has 0 spiro atoms. The zero-order chi connectivity index (χ0) is 31.6. The molecule has 11 nitrogen and oxygen atoms in total. The third-order valence-corrected chi connectivity index (χ3v) is 8.43. The van der Waals surface area contributed by atoms with E-state index in [0.29, 0.717) is 34.4 Å². The molecule has 2 heterocycles. The third-order valence-electron chi connectivity index (χ3n) is 7.56. The first-order valence-corrected chi connectivity index (χ1v) is 15.7. The maximum Gasteiger partial charge on any atom is 0.298 e. The van der Waals surface area contributed by atoms with Crippen molar-refractivity contribution in [1.29, 1.82) is 0 Å². The van der Waals surface area contributed by atoms with Gasteiger partial charge in [0.1, 0.15) is 17.2 Å². The van der Waals surface area contributed by atoms with E-state index in [9.17, 15) is 19.7 Å². The summed E-state index contributed by atoms with van der Waals surface area (Å²) >= 11 is 0.889. The number of methoxy groups -OCH3 is 1. The van der Waals surface area contributed by atoms with Crippen LogP contribution in [0.1, 0.15) is 18.4 Å². The number of nitro groups is 1. The van der Waals surface area contributed by atoms with Gasteiger partial charge in [0, 0.05) is 52.0 Å². The molecule has 2 amide bonds. The molecule has 0 aliphatic carbocycles. The second kappa shape index (κ2) is 15.7. The minimum Gasteiger partial charge on any atom is -0.494 e. The van der Waals surface area contributed by atoms with E-state index in [4.69, 9.17) is 14.2 Å². The van der Waals surface area contributed by atoms with Crippen LogP contribution in [0.4, 0.5) is 16.2 Å². The molecule has 0 bridgehead atoms. The highest BCUT2D eigenvalue weighted by atomic mass is 32.2. The molecule has 2 saturated heterocycles. The topological polar surface area (TPSA) is 115 Å². The minimum absolute atomic E-state index is 0.0169. The monoisotopic (exact) mass is 632 g/mol. The second-order valence-corrected chi connectivity index (χ2v) is 11.7. The van der Waals surface area contributed by atoms with Crippen LogP contribution >= 0.6 is 11.8 Å². The van der Waals surface area contributed by atoms with Gasteiger partial charge < -0.3 is 19.1 Å². The molecular formula is C33H36N4O7S. The van der Waals surface area contributed by atoms with Gasteiger partial charge in [-0.3, -0.25) is 24.6 Å². The van der Waals surface area contributed by atoms with Gasteiger partial charge in [-0.25, -0.2) is 4.90 Å². The summed E-state index contributed by atoms with van der Waals surface area (Å²) in [6, 6.07) is 19.8. The summed E-state index contributed by atoms with van der Waals surface area (Å²) < 4.78 is 16.8. The zero-order valence-corrected chi connectivity index (χ0v) is 25.9. The van der Waals surface area contributed by atoms with Crippen molar-refractivity contribution in [2.75, 3.05) is 64.5 Å². The standard InChI is InChI=1S/C33H36N4O7S/c1-42-23-21-35-19-17-34(18-20-35)16-2-3-22-43-28-12-6-26(7-13-28)36-32(38)31(45-33(36)39)24-25-4-10-29(11-5-25)44-30-14-8-27(9-15-30)37(40)41/h4-15,24H,2-3,16-23H2,1H3/b31-24-. The van der Waals surface area contributed by atoms with Gasteiger partial charge in [0.05, 0.1) is 28.7 Å². The number of benzene rings is 3. The molecule has 2 fully saturated rings. The first-order valence-electron chi connectivity index (χ1n) is 14.9. The number of piperazine rings is 1. The van der Waals surface area contributed by atoms with Gasteiger partial charge in [-0.1, -0.05) is 12.1 Å². The number of ether oxygens (including phenoxy) is 3. The SMILES string of the molecule is COCCN1CCN(CCCCOc2ccc(N3C(=O)S/C(=C\c4ccc(Oc5ccc([N+](=O)[O-])cc5)cc4)C3=O)cc2)CC1. The van der Waals surface area contributed by atoms with Crippen molar-refractivity contribution in [3.63, 3.8) is 0 Å². The van der Waals surface area contributed by atoms with Crippen LogP contribution in [0, 0.1) is 10.1 Å². The Labute approximate surface area is 266 Å². The molecule has 12 heteroatoms. The number of non-ortho nitro benzene ring substituents is 1. The van der Waals surface area contributed by atoms with Crippen molar-refractivity contribution < 1.29 is 28.7 Å². The van der Waals surface area contributed by atoms with E-state index in [0.717, 1.165) is 76.0 Å². The van der Waals surface area contributed by atoms with Gasteiger partial charge in [-0.15, -0.1) is 0 Å². The van der Waals surface area contributed by atoms with Crippen LogP contribution in [0.5, 0.6) is 17.2 Å². The van der Waals surface area contributed by atoms with Crippen molar-refractivity contribution in [3.8, 4) is 17.2 Å². The first-order chi connectivity index (χ1) is 21.9. The Morgan fingerprint density at radius 2 is 1.40 bits per heavy atom. The van der Waals surface area contributed by atoms with Crippen molar-refractivity contribution >= 4 is 40.4 Å². The number of thioether (sulfide) groups is 1. The number of amides is 2. The Kier molecular flexibility index (Phi) is 11.2. The highest BCUT2D eigenvalue weighted by Gasteiger charge is 2.36. The molecule has 2 aliphatic rings. The lowest BCUT2D eigenvalue weighted by Gasteiger charge is -2.34. The number of rotatable bonds is 14. The number of anilines is 1. The summed E-state index contributed by atoms with van der Waals surface area (Å²) in [6.07, 6.45) is 3.68. The number of hydrogen-bond donors (Lipinski definition) is 0. The van der Waals surface area contributed by atoms with Crippen molar-refractivity contribution in [2.24, 2.45) is 0 Å². The van der Waals surface area contributed by atoms with E-state index >= 15 is 0 Å². The predicted molar refractivity (Wildman–Crippen MR) is 174 cm³/mol. The maximum atomic E-state index is 13.1. The van der Waals surface area contributed by atoms with Crippen LogP contribution in [0.3, 0.4) is 0 Å². The number of nitrogens with zero attached hydrogens (tertiary/aromatic N) is 4. The van der Waals surface area contributed by atoms with E-state index in [-0.39, 0.29) is 16.8 Å². The van der Waals surface area contributed by atoms with Crippen LogP contribution in [0.15, 0.2) is 77.7 Å². The van der Waals surface area contributed by atoms with Crippen LogP contribution < -0.4 is 14.4 Å². The highest BCUT2D eigenvalue weighted by Crippen LogP contribution is 2.36. The lowest BCUT2D eigenvalue weighted by atomic mass is 10.2. The zero-order valence-electron chi connectivity index (χ0n) is 25.1. The highest BCUT2D eigenvalue weighted by molar-refractivity contribution is 8.19.